The van der Waals surface area contributed by atoms with Gasteiger partial charge in [0.2, 0.25) is 15.9 Å². The highest BCUT2D eigenvalue weighted by molar-refractivity contribution is 7.89. The van der Waals surface area contributed by atoms with Crippen LogP contribution < -0.4 is 0 Å². The maximum atomic E-state index is 13.4. The number of sulfonamides is 1. The molecule has 9 heteroatoms. The summed E-state index contributed by atoms with van der Waals surface area (Å²) in [7, 11) is -3.92. The molecule has 2 saturated heterocycles. The third-order valence-electron chi connectivity index (χ3n) is 5.65. The summed E-state index contributed by atoms with van der Waals surface area (Å²) < 4.78 is 33.6. The van der Waals surface area contributed by atoms with Crippen molar-refractivity contribution < 1.29 is 17.6 Å². The molecule has 30 heavy (non-hydrogen) atoms. The molecule has 3 heterocycles. The van der Waals surface area contributed by atoms with Crippen molar-refractivity contribution in [2.24, 2.45) is 0 Å². The molecule has 0 radical (unpaired) electrons. The lowest BCUT2D eigenvalue weighted by molar-refractivity contribution is -0.136. The maximum Gasteiger partial charge on any atom is 0.243 e. The van der Waals surface area contributed by atoms with Crippen molar-refractivity contribution in [2.75, 3.05) is 32.7 Å². The number of carbonyl (C=O) groups is 1. The van der Waals surface area contributed by atoms with Gasteiger partial charge in [0.25, 0.3) is 0 Å². The van der Waals surface area contributed by atoms with E-state index in [2.05, 4.69) is 4.90 Å². The van der Waals surface area contributed by atoms with Crippen LogP contribution in [-0.4, -0.2) is 67.2 Å². The van der Waals surface area contributed by atoms with E-state index < -0.39 is 16.1 Å². The fourth-order valence-corrected chi connectivity index (χ4v) is 5.70. The van der Waals surface area contributed by atoms with Gasteiger partial charge in [0.1, 0.15) is 11.8 Å². The molecule has 2 aliphatic rings. The molecule has 2 aromatic rings. The van der Waals surface area contributed by atoms with Crippen LogP contribution in [0.5, 0.6) is 0 Å². The van der Waals surface area contributed by atoms with E-state index >= 15 is 0 Å². The van der Waals surface area contributed by atoms with Gasteiger partial charge in [-0.3, -0.25) is 9.69 Å². The van der Waals surface area contributed by atoms with E-state index in [1.54, 1.807) is 23.3 Å². The first-order valence-corrected chi connectivity index (χ1v) is 11.5. The average Bonchev–Trinajstić information content (AvgIpc) is 3.47. The molecule has 1 aromatic heterocycles. The predicted molar refractivity (Wildman–Crippen MR) is 109 cm³/mol. The normalized spacial score (nSPS) is 20.9. The number of furan rings is 1. The second kappa shape index (κ2) is 8.60. The van der Waals surface area contributed by atoms with Crippen LogP contribution in [0.15, 0.2) is 52.0 Å². The van der Waals surface area contributed by atoms with Crippen LogP contribution in [-0.2, 0) is 21.4 Å². The summed E-state index contributed by atoms with van der Waals surface area (Å²) in [6, 6.07) is 10.8. The number of nitriles is 1. The molecule has 1 amide bonds. The Hall–Kier alpha value is -2.67. The molecule has 4 rings (SSSR count). The van der Waals surface area contributed by atoms with Crippen LogP contribution in [0.1, 0.15) is 24.2 Å². The molecule has 2 aliphatic heterocycles. The molecule has 0 saturated carbocycles. The zero-order chi connectivity index (χ0) is 21.1. The molecule has 0 N–H and O–H groups in total. The standard InChI is InChI=1S/C21H24N4O4S/c22-14-17-5-3-7-19(13-17)30(27,28)25-11-10-23(15-18-6-4-12-29-18)16-20(25)21(26)24-8-1-2-9-24/h3-7,12-13,20H,1-2,8-11,15-16H2. The number of amides is 1. The van der Waals surface area contributed by atoms with Gasteiger partial charge in [-0.2, -0.15) is 9.57 Å². The van der Waals surface area contributed by atoms with Crippen molar-refractivity contribution in [2.45, 2.75) is 30.3 Å². The van der Waals surface area contributed by atoms with Crippen LogP contribution in [0.3, 0.4) is 0 Å². The molecule has 8 nitrogen and oxygen atoms in total. The molecule has 1 aromatic carbocycles. The Bertz CT molecular complexity index is 1040. The largest absolute Gasteiger partial charge is 0.468 e. The number of likely N-dealkylation sites (tertiary alicyclic amines) is 1. The van der Waals surface area contributed by atoms with E-state index in [-0.39, 0.29) is 22.9 Å². The average molecular weight is 429 g/mol. The Balaban J connectivity index is 1.62. The van der Waals surface area contributed by atoms with Gasteiger partial charge in [0.05, 0.1) is 29.3 Å². The monoisotopic (exact) mass is 428 g/mol. The number of hydrogen-bond acceptors (Lipinski definition) is 6. The number of benzene rings is 1. The van der Waals surface area contributed by atoms with Crippen molar-refractivity contribution in [3.63, 3.8) is 0 Å². The van der Waals surface area contributed by atoms with E-state index in [4.69, 9.17) is 9.68 Å². The van der Waals surface area contributed by atoms with Gasteiger partial charge in [-0.05, 0) is 43.2 Å². The summed E-state index contributed by atoms with van der Waals surface area (Å²) in [6.45, 7) is 2.82. The van der Waals surface area contributed by atoms with Crippen LogP contribution in [0.4, 0.5) is 0 Å². The van der Waals surface area contributed by atoms with Crippen molar-refractivity contribution in [3.05, 3.63) is 54.0 Å². The van der Waals surface area contributed by atoms with Gasteiger partial charge in [0, 0.05) is 32.7 Å². The Labute approximate surface area is 176 Å². The SMILES string of the molecule is N#Cc1cccc(S(=O)(=O)N2CCN(Cc3ccco3)CC2C(=O)N2CCCC2)c1. The van der Waals surface area contributed by atoms with Crippen LogP contribution >= 0.6 is 0 Å². The summed E-state index contributed by atoms with van der Waals surface area (Å²) in [5.41, 5.74) is 0.273. The topological polar surface area (TPSA) is 97.9 Å². The van der Waals surface area contributed by atoms with Gasteiger partial charge in [0.15, 0.2) is 0 Å². The number of hydrogen-bond donors (Lipinski definition) is 0. The van der Waals surface area contributed by atoms with Gasteiger partial charge < -0.3 is 9.32 Å². The van der Waals surface area contributed by atoms with Gasteiger partial charge in [-0.1, -0.05) is 6.07 Å². The molecule has 158 valence electrons. The molecule has 0 bridgehead atoms. The van der Waals surface area contributed by atoms with E-state index in [1.165, 1.54) is 16.4 Å². The highest BCUT2D eigenvalue weighted by Crippen LogP contribution is 2.25. The molecular weight excluding hydrogens is 404 g/mol. The zero-order valence-corrected chi connectivity index (χ0v) is 17.4. The Morgan fingerprint density at radius 1 is 1.13 bits per heavy atom. The van der Waals surface area contributed by atoms with Crippen molar-refractivity contribution in [3.8, 4) is 6.07 Å². The summed E-state index contributed by atoms with van der Waals surface area (Å²) in [5.74, 6) is 0.622. The molecule has 1 atom stereocenters. The van der Waals surface area contributed by atoms with Gasteiger partial charge in [-0.25, -0.2) is 8.42 Å². The molecule has 2 fully saturated rings. The van der Waals surface area contributed by atoms with Gasteiger partial charge in [-0.15, -0.1) is 0 Å². The Morgan fingerprint density at radius 3 is 2.63 bits per heavy atom. The number of rotatable bonds is 5. The lowest BCUT2D eigenvalue weighted by Gasteiger charge is -2.40. The minimum Gasteiger partial charge on any atom is -0.468 e. The molecule has 0 spiro atoms. The van der Waals surface area contributed by atoms with E-state index in [1.807, 2.05) is 18.2 Å². The fourth-order valence-electron chi connectivity index (χ4n) is 4.09. The van der Waals surface area contributed by atoms with Crippen molar-refractivity contribution >= 4 is 15.9 Å². The van der Waals surface area contributed by atoms with Crippen LogP contribution in [0, 0.1) is 11.3 Å². The highest BCUT2D eigenvalue weighted by Gasteiger charge is 2.42. The minimum absolute atomic E-state index is 0.0419. The minimum atomic E-state index is -3.92. The first-order valence-electron chi connectivity index (χ1n) is 10.0. The summed E-state index contributed by atoms with van der Waals surface area (Å²) in [4.78, 5) is 17.1. The van der Waals surface area contributed by atoms with Crippen molar-refractivity contribution in [1.82, 2.24) is 14.1 Å². The van der Waals surface area contributed by atoms with Gasteiger partial charge >= 0.3 is 0 Å². The second-order valence-electron chi connectivity index (χ2n) is 7.62. The first kappa shape index (κ1) is 20.6. The smallest absolute Gasteiger partial charge is 0.243 e. The molecular formula is C21H24N4O4S. The third kappa shape index (κ3) is 4.12. The van der Waals surface area contributed by atoms with E-state index in [0.29, 0.717) is 32.7 Å². The Kier molecular flexibility index (Phi) is 5.90. The summed E-state index contributed by atoms with van der Waals surface area (Å²) in [5, 5.41) is 9.14. The quantitative estimate of drug-likeness (QED) is 0.718. The lowest BCUT2D eigenvalue weighted by Crippen LogP contribution is -2.60. The lowest BCUT2D eigenvalue weighted by atomic mass is 10.1. The fraction of sp³-hybridized carbons (Fsp3) is 0.429. The Morgan fingerprint density at radius 2 is 1.93 bits per heavy atom. The third-order valence-corrected chi connectivity index (χ3v) is 7.55. The number of nitrogens with zero attached hydrogens (tertiary/aromatic N) is 4. The van der Waals surface area contributed by atoms with E-state index in [9.17, 15) is 13.2 Å². The van der Waals surface area contributed by atoms with E-state index in [0.717, 1.165) is 18.6 Å². The summed E-state index contributed by atoms with van der Waals surface area (Å²) >= 11 is 0. The predicted octanol–water partition coefficient (Wildman–Crippen LogP) is 1.65. The summed E-state index contributed by atoms with van der Waals surface area (Å²) in [6.07, 6.45) is 3.47. The number of carbonyl (C=O) groups excluding carboxylic acids is 1. The number of piperazine rings is 1. The molecule has 1 unspecified atom stereocenters. The maximum absolute atomic E-state index is 13.4. The van der Waals surface area contributed by atoms with Crippen LogP contribution in [0.25, 0.3) is 0 Å². The molecule has 0 aliphatic carbocycles. The zero-order valence-electron chi connectivity index (χ0n) is 16.6. The second-order valence-corrected chi connectivity index (χ2v) is 9.51. The van der Waals surface area contributed by atoms with Crippen molar-refractivity contribution in [1.29, 1.82) is 5.26 Å². The highest BCUT2D eigenvalue weighted by atomic mass is 32.2. The first-order chi connectivity index (χ1) is 14.5. The van der Waals surface area contributed by atoms with Crippen LogP contribution in [0.2, 0.25) is 0 Å².